The molecule has 0 spiro atoms. The molecule has 0 atom stereocenters. The fraction of sp³-hybridized carbons (Fsp3) is 0.333. The number of ether oxygens (including phenoxy) is 1. The third kappa shape index (κ3) is 2.43. The Morgan fingerprint density at radius 2 is 2.29 bits per heavy atom. The minimum Gasteiger partial charge on any atom is -0.504 e. The van der Waals surface area contributed by atoms with Crippen LogP contribution in [-0.4, -0.2) is 11.7 Å². The number of phenols is 1. The van der Waals surface area contributed by atoms with Gasteiger partial charge < -0.3 is 9.84 Å². The van der Waals surface area contributed by atoms with Crippen LogP contribution in [-0.2, 0) is 6.42 Å². The van der Waals surface area contributed by atoms with Gasteiger partial charge in [0.25, 0.3) is 0 Å². The van der Waals surface area contributed by atoms with E-state index in [0.29, 0.717) is 25.2 Å². The topological polar surface area (TPSA) is 29.5 Å². The van der Waals surface area contributed by atoms with Gasteiger partial charge in [-0.15, -0.1) is 12.3 Å². The summed E-state index contributed by atoms with van der Waals surface area (Å²) in [6.07, 6.45) is 6.47. The summed E-state index contributed by atoms with van der Waals surface area (Å²) in [4.78, 5) is 0. The number of rotatable bonds is 4. The minimum atomic E-state index is 0.213. The Morgan fingerprint density at radius 1 is 1.50 bits per heavy atom. The SMILES string of the molecule is C#CCCc1cccc(OCC)c1O. The highest BCUT2D eigenvalue weighted by Gasteiger charge is 2.06. The number of phenolic OH excluding ortho intramolecular Hbond substituents is 1. The van der Waals surface area contributed by atoms with Crippen LogP contribution < -0.4 is 4.74 Å². The van der Waals surface area contributed by atoms with Crippen LogP contribution in [0.25, 0.3) is 0 Å². The van der Waals surface area contributed by atoms with Crippen LogP contribution in [0.5, 0.6) is 11.5 Å². The zero-order chi connectivity index (χ0) is 10.4. The van der Waals surface area contributed by atoms with E-state index in [-0.39, 0.29) is 5.75 Å². The van der Waals surface area contributed by atoms with Crippen LogP contribution in [0.3, 0.4) is 0 Å². The normalized spacial score (nSPS) is 9.43. The molecule has 14 heavy (non-hydrogen) atoms. The smallest absolute Gasteiger partial charge is 0.161 e. The molecule has 0 aromatic heterocycles. The lowest BCUT2D eigenvalue weighted by Gasteiger charge is -2.08. The minimum absolute atomic E-state index is 0.213. The van der Waals surface area contributed by atoms with Crippen LogP contribution in [0.1, 0.15) is 18.9 Å². The van der Waals surface area contributed by atoms with Gasteiger partial charge in [0.05, 0.1) is 6.61 Å². The lowest BCUT2D eigenvalue weighted by molar-refractivity contribution is 0.316. The van der Waals surface area contributed by atoms with Crippen molar-refractivity contribution in [2.45, 2.75) is 19.8 Å². The Kier molecular flexibility index (Phi) is 3.87. The molecule has 2 nitrogen and oxygen atoms in total. The molecule has 0 aliphatic heterocycles. The van der Waals surface area contributed by atoms with Gasteiger partial charge in [-0.3, -0.25) is 0 Å². The number of hydrogen-bond donors (Lipinski definition) is 1. The first-order valence-electron chi connectivity index (χ1n) is 4.66. The summed E-state index contributed by atoms with van der Waals surface area (Å²) in [5, 5.41) is 9.75. The van der Waals surface area contributed by atoms with E-state index in [1.165, 1.54) is 0 Å². The van der Waals surface area contributed by atoms with Crippen molar-refractivity contribution in [3.8, 4) is 23.8 Å². The van der Waals surface area contributed by atoms with Crippen molar-refractivity contribution in [3.05, 3.63) is 23.8 Å². The molecule has 0 aliphatic rings. The summed E-state index contributed by atoms with van der Waals surface area (Å²) in [6, 6.07) is 5.46. The van der Waals surface area contributed by atoms with Crippen molar-refractivity contribution in [2.24, 2.45) is 0 Å². The number of para-hydroxylation sites is 1. The summed E-state index contributed by atoms with van der Waals surface area (Å²) in [6.45, 7) is 2.43. The average molecular weight is 190 g/mol. The van der Waals surface area contributed by atoms with Gasteiger partial charge in [-0.1, -0.05) is 12.1 Å². The van der Waals surface area contributed by atoms with Crippen molar-refractivity contribution in [1.29, 1.82) is 0 Å². The molecule has 1 aromatic carbocycles. The molecule has 1 aromatic rings. The fourth-order valence-electron chi connectivity index (χ4n) is 1.25. The van der Waals surface area contributed by atoms with Gasteiger partial charge in [0.2, 0.25) is 0 Å². The van der Waals surface area contributed by atoms with Crippen LogP contribution in [0, 0.1) is 12.3 Å². The Morgan fingerprint density at radius 3 is 2.93 bits per heavy atom. The molecular weight excluding hydrogens is 176 g/mol. The van der Waals surface area contributed by atoms with E-state index in [4.69, 9.17) is 11.2 Å². The first-order valence-corrected chi connectivity index (χ1v) is 4.66. The van der Waals surface area contributed by atoms with E-state index in [1.54, 1.807) is 6.07 Å². The van der Waals surface area contributed by atoms with Crippen LogP contribution in [0.4, 0.5) is 0 Å². The number of terminal acetylenes is 1. The second-order valence-corrected chi connectivity index (χ2v) is 2.90. The summed E-state index contributed by atoms with van der Waals surface area (Å²) in [7, 11) is 0. The van der Waals surface area contributed by atoms with Crippen LogP contribution >= 0.6 is 0 Å². The lowest BCUT2D eigenvalue weighted by atomic mass is 10.1. The number of aromatic hydroxyl groups is 1. The van der Waals surface area contributed by atoms with Crippen molar-refractivity contribution < 1.29 is 9.84 Å². The number of hydrogen-bond acceptors (Lipinski definition) is 2. The monoisotopic (exact) mass is 190 g/mol. The van der Waals surface area contributed by atoms with Gasteiger partial charge in [-0.2, -0.15) is 0 Å². The molecule has 0 radical (unpaired) electrons. The third-order valence-electron chi connectivity index (χ3n) is 1.92. The molecule has 2 heteroatoms. The molecule has 74 valence electrons. The van der Waals surface area contributed by atoms with Crippen molar-refractivity contribution in [3.63, 3.8) is 0 Å². The predicted octanol–water partition coefficient (Wildman–Crippen LogP) is 2.36. The quantitative estimate of drug-likeness (QED) is 0.738. The maximum atomic E-state index is 9.75. The van der Waals surface area contributed by atoms with E-state index < -0.39 is 0 Å². The largest absolute Gasteiger partial charge is 0.504 e. The lowest BCUT2D eigenvalue weighted by Crippen LogP contribution is -1.94. The van der Waals surface area contributed by atoms with Gasteiger partial charge in [0, 0.05) is 6.42 Å². The van der Waals surface area contributed by atoms with E-state index in [9.17, 15) is 5.11 Å². The summed E-state index contributed by atoms with van der Waals surface area (Å²) in [5.74, 6) is 3.29. The summed E-state index contributed by atoms with van der Waals surface area (Å²) in [5.41, 5.74) is 0.842. The van der Waals surface area contributed by atoms with Gasteiger partial charge in [-0.05, 0) is 25.0 Å². The van der Waals surface area contributed by atoms with Gasteiger partial charge in [0.1, 0.15) is 0 Å². The van der Waals surface area contributed by atoms with Crippen LogP contribution in [0.2, 0.25) is 0 Å². The molecule has 0 fully saturated rings. The summed E-state index contributed by atoms with van der Waals surface area (Å²) < 4.78 is 5.26. The average Bonchev–Trinajstić information content (AvgIpc) is 2.20. The highest BCUT2D eigenvalue weighted by atomic mass is 16.5. The highest BCUT2D eigenvalue weighted by molar-refractivity contribution is 5.45. The molecule has 0 unspecified atom stereocenters. The number of aryl methyl sites for hydroxylation is 1. The summed E-state index contributed by atoms with van der Waals surface area (Å²) >= 11 is 0. The molecule has 1 N–H and O–H groups in total. The van der Waals surface area contributed by atoms with Gasteiger partial charge >= 0.3 is 0 Å². The first-order chi connectivity index (χ1) is 6.79. The maximum Gasteiger partial charge on any atom is 0.161 e. The maximum absolute atomic E-state index is 9.75. The predicted molar refractivity (Wildman–Crippen MR) is 56.4 cm³/mol. The van der Waals surface area contributed by atoms with Crippen molar-refractivity contribution >= 4 is 0 Å². The first kappa shape index (κ1) is 10.5. The molecule has 0 amide bonds. The van der Waals surface area contributed by atoms with Crippen LogP contribution in [0.15, 0.2) is 18.2 Å². The Balaban J connectivity index is 2.85. The molecule has 0 bridgehead atoms. The van der Waals surface area contributed by atoms with E-state index in [2.05, 4.69) is 5.92 Å². The Bertz CT molecular complexity index is 337. The molecule has 0 saturated heterocycles. The van der Waals surface area contributed by atoms with Gasteiger partial charge in [-0.25, -0.2) is 0 Å². The van der Waals surface area contributed by atoms with E-state index in [1.807, 2.05) is 19.1 Å². The van der Waals surface area contributed by atoms with Gasteiger partial charge in [0.15, 0.2) is 11.5 Å². The zero-order valence-electron chi connectivity index (χ0n) is 8.29. The molecule has 0 heterocycles. The standard InChI is InChI=1S/C12H14O2/c1-3-5-7-10-8-6-9-11(12(10)13)14-4-2/h1,6,8-9,13H,4-5,7H2,2H3. The molecule has 1 rings (SSSR count). The van der Waals surface area contributed by atoms with E-state index >= 15 is 0 Å². The third-order valence-corrected chi connectivity index (χ3v) is 1.92. The fourth-order valence-corrected chi connectivity index (χ4v) is 1.25. The molecular formula is C12H14O2. The highest BCUT2D eigenvalue weighted by Crippen LogP contribution is 2.30. The zero-order valence-corrected chi connectivity index (χ0v) is 8.29. The number of benzene rings is 1. The second-order valence-electron chi connectivity index (χ2n) is 2.90. The van der Waals surface area contributed by atoms with E-state index in [0.717, 1.165) is 5.56 Å². The molecule has 0 aliphatic carbocycles. The second kappa shape index (κ2) is 5.18. The van der Waals surface area contributed by atoms with Crippen molar-refractivity contribution in [2.75, 3.05) is 6.61 Å². The Hall–Kier alpha value is -1.62. The molecule has 0 saturated carbocycles. The van der Waals surface area contributed by atoms with Crippen molar-refractivity contribution in [1.82, 2.24) is 0 Å². The Labute approximate surface area is 84.5 Å².